The normalized spacial score (nSPS) is 15.8. The van der Waals surface area contributed by atoms with Gasteiger partial charge in [-0.15, -0.1) is 10.2 Å². The molecule has 1 aliphatic heterocycles. The van der Waals surface area contributed by atoms with Crippen LogP contribution in [0.5, 0.6) is 0 Å². The van der Waals surface area contributed by atoms with Gasteiger partial charge >= 0.3 is 18.0 Å². The van der Waals surface area contributed by atoms with Gasteiger partial charge in [-0.25, -0.2) is 0 Å². The average Bonchev–Trinajstić information content (AvgIpc) is 3.34. The molecular formula is C24H25F3N4O3. The van der Waals surface area contributed by atoms with E-state index in [1.165, 1.54) is 6.07 Å². The van der Waals surface area contributed by atoms with Crippen molar-refractivity contribution in [2.45, 2.75) is 44.4 Å². The van der Waals surface area contributed by atoms with E-state index in [9.17, 15) is 18.0 Å². The predicted octanol–water partition coefficient (Wildman–Crippen LogP) is 4.60. The van der Waals surface area contributed by atoms with Crippen molar-refractivity contribution in [3.8, 4) is 11.1 Å². The summed E-state index contributed by atoms with van der Waals surface area (Å²) >= 11 is 0. The molecule has 1 amide bonds. The van der Waals surface area contributed by atoms with Crippen LogP contribution in [0.25, 0.3) is 11.1 Å². The summed E-state index contributed by atoms with van der Waals surface area (Å²) in [6.07, 6.45) is -2.91. The maximum atomic E-state index is 13.2. The fraction of sp³-hybridized carbons (Fsp3) is 0.375. The third-order valence-electron chi connectivity index (χ3n) is 5.93. The van der Waals surface area contributed by atoms with Crippen molar-refractivity contribution in [3.63, 3.8) is 0 Å². The molecule has 2 heterocycles. The second-order valence-electron chi connectivity index (χ2n) is 8.22. The van der Waals surface area contributed by atoms with Crippen molar-refractivity contribution >= 4 is 5.91 Å². The second kappa shape index (κ2) is 9.94. The Morgan fingerprint density at radius 3 is 2.50 bits per heavy atom. The van der Waals surface area contributed by atoms with Crippen LogP contribution in [0, 0.1) is 0 Å². The molecule has 0 aliphatic carbocycles. The highest BCUT2D eigenvalue weighted by atomic mass is 19.4. The molecule has 0 saturated carbocycles. The summed E-state index contributed by atoms with van der Waals surface area (Å²) in [4.78, 5) is 12.6. The number of nitrogens with zero attached hydrogens (tertiary/aromatic N) is 2. The number of hydrogen-bond acceptors (Lipinski definition) is 6. The number of benzene rings is 2. The zero-order valence-corrected chi connectivity index (χ0v) is 18.6. The van der Waals surface area contributed by atoms with Gasteiger partial charge in [0, 0.05) is 25.7 Å². The monoisotopic (exact) mass is 474 g/mol. The molecule has 4 rings (SSSR count). The van der Waals surface area contributed by atoms with Crippen LogP contribution in [0.15, 0.2) is 46.9 Å². The zero-order chi connectivity index (χ0) is 24.3. The molecule has 0 radical (unpaired) electrons. The number of amides is 1. The maximum absolute atomic E-state index is 13.2. The van der Waals surface area contributed by atoms with Gasteiger partial charge in [-0.1, -0.05) is 30.3 Å². The number of rotatable bonds is 6. The minimum Gasteiger partial charge on any atom is -0.417 e. The molecule has 34 heavy (non-hydrogen) atoms. The standard InChI is InChI=1S/C24H25F3N4O3/c1-14(29-21(32)23-31-30-22(34-23)17-8-10-33-11-9-17)15-2-4-16(5-3-15)20-12-19(24(25,26)27)7-6-18(20)13-28/h2-7,12,14,17H,8-11,13,28H2,1H3,(H,29,32)/t14-/m1/s1. The molecule has 2 aromatic carbocycles. The van der Waals surface area contributed by atoms with E-state index in [0.29, 0.717) is 35.8 Å². The molecule has 1 fully saturated rings. The summed E-state index contributed by atoms with van der Waals surface area (Å²) in [5, 5.41) is 10.7. The van der Waals surface area contributed by atoms with Crippen molar-refractivity contribution < 1.29 is 27.1 Å². The van der Waals surface area contributed by atoms with E-state index in [0.717, 1.165) is 30.5 Å². The SMILES string of the molecule is C[C@@H](NC(=O)c1nnc(C2CCOCC2)o1)c1ccc(-c2cc(C(F)(F)F)ccc2CN)cc1. The smallest absolute Gasteiger partial charge is 0.416 e. The molecule has 3 N–H and O–H groups in total. The largest absolute Gasteiger partial charge is 0.417 e. The van der Waals surface area contributed by atoms with E-state index in [1.54, 1.807) is 31.2 Å². The van der Waals surface area contributed by atoms with Gasteiger partial charge in [0.05, 0.1) is 11.6 Å². The van der Waals surface area contributed by atoms with Crippen LogP contribution < -0.4 is 11.1 Å². The van der Waals surface area contributed by atoms with Gasteiger partial charge in [0.25, 0.3) is 0 Å². The Balaban J connectivity index is 1.46. The van der Waals surface area contributed by atoms with E-state index < -0.39 is 23.7 Å². The van der Waals surface area contributed by atoms with Gasteiger partial charge in [0.2, 0.25) is 5.89 Å². The average molecular weight is 474 g/mol. The Bertz CT molecular complexity index is 1140. The second-order valence-corrected chi connectivity index (χ2v) is 8.22. The van der Waals surface area contributed by atoms with Crippen molar-refractivity contribution in [2.75, 3.05) is 13.2 Å². The van der Waals surface area contributed by atoms with Crippen molar-refractivity contribution in [1.82, 2.24) is 15.5 Å². The van der Waals surface area contributed by atoms with Crippen molar-refractivity contribution in [2.24, 2.45) is 5.73 Å². The molecule has 7 nitrogen and oxygen atoms in total. The minimum atomic E-state index is -4.44. The number of carbonyl (C=O) groups excluding carboxylic acids is 1. The van der Waals surface area contributed by atoms with Crippen molar-refractivity contribution in [3.05, 3.63) is 70.9 Å². The van der Waals surface area contributed by atoms with E-state index in [4.69, 9.17) is 14.9 Å². The highest BCUT2D eigenvalue weighted by molar-refractivity contribution is 5.89. The molecule has 0 spiro atoms. The number of halogens is 3. The number of aromatic nitrogens is 2. The van der Waals surface area contributed by atoms with Crippen LogP contribution in [0.1, 0.15) is 65.0 Å². The lowest BCUT2D eigenvalue weighted by molar-refractivity contribution is -0.137. The van der Waals surface area contributed by atoms with Gasteiger partial charge in [-0.3, -0.25) is 4.79 Å². The van der Waals surface area contributed by atoms with Crippen molar-refractivity contribution in [1.29, 1.82) is 0 Å². The lowest BCUT2D eigenvalue weighted by Crippen LogP contribution is -2.26. The number of nitrogens with one attached hydrogen (secondary N) is 1. The molecule has 0 bridgehead atoms. The van der Waals surface area contributed by atoms with Gasteiger partial charge in [0.1, 0.15) is 0 Å². The van der Waals surface area contributed by atoms with E-state index in [2.05, 4.69) is 15.5 Å². The van der Waals surface area contributed by atoms with Crippen LogP contribution in [0.4, 0.5) is 13.2 Å². The lowest BCUT2D eigenvalue weighted by atomic mass is 9.95. The summed E-state index contributed by atoms with van der Waals surface area (Å²) in [6, 6.07) is 10.1. The quantitative estimate of drug-likeness (QED) is 0.541. The molecule has 180 valence electrons. The Hall–Kier alpha value is -3.24. The van der Waals surface area contributed by atoms with Gasteiger partial charge in [-0.2, -0.15) is 13.2 Å². The molecule has 1 aromatic heterocycles. The van der Waals surface area contributed by atoms with Crippen LogP contribution in [0.3, 0.4) is 0 Å². The first-order valence-corrected chi connectivity index (χ1v) is 11.0. The summed E-state index contributed by atoms with van der Waals surface area (Å²) in [5.41, 5.74) is 7.40. The summed E-state index contributed by atoms with van der Waals surface area (Å²) in [7, 11) is 0. The molecular weight excluding hydrogens is 449 g/mol. The number of nitrogens with two attached hydrogens (primary N) is 1. The van der Waals surface area contributed by atoms with E-state index in [1.807, 2.05) is 0 Å². The Morgan fingerprint density at radius 2 is 1.85 bits per heavy atom. The maximum Gasteiger partial charge on any atom is 0.416 e. The number of hydrogen-bond donors (Lipinski definition) is 2. The lowest BCUT2D eigenvalue weighted by Gasteiger charge is -2.18. The first kappa shape index (κ1) is 23.9. The summed E-state index contributed by atoms with van der Waals surface area (Å²) in [5.74, 6) is -0.0866. The fourth-order valence-electron chi connectivity index (χ4n) is 3.93. The van der Waals surface area contributed by atoms with E-state index in [-0.39, 0.29) is 18.4 Å². The number of alkyl halides is 3. The molecule has 0 unspecified atom stereocenters. The fourth-order valence-corrected chi connectivity index (χ4v) is 3.93. The van der Waals surface area contributed by atoms with E-state index >= 15 is 0 Å². The Labute approximate surface area is 194 Å². The third-order valence-corrected chi connectivity index (χ3v) is 5.93. The Kier molecular flexibility index (Phi) is 6.99. The summed E-state index contributed by atoms with van der Waals surface area (Å²) in [6.45, 7) is 3.14. The van der Waals surface area contributed by atoms with Gasteiger partial charge in [-0.05, 0) is 54.2 Å². The zero-order valence-electron chi connectivity index (χ0n) is 18.6. The first-order chi connectivity index (χ1) is 16.3. The van der Waals surface area contributed by atoms with Crippen LogP contribution >= 0.6 is 0 Å². The highest BCUT2D eigenvalue weighted by Crippen LogP contribution is 2.34. The van der Waals surface area contributed by atoms with Crippen LogP contribution in [0.2, 0.25) is 0 Å². The first-order valence-electron chi connectivity index (χ1n) is 11.0. The number of carbonyl (C=O) groups is 1. The minimum absolute atomic E-state index is 0.0852. The molecule has 1 saturated heterocycles. The van der Waals surface area contributed by atoms with Gasteiger partial charge < -0.3 is 20.2 Å². The topological polar surface area (TPSA) is 103 Å². The molecule has 10 heteroatoms. The molecule has 1 aliphatic rings. The molecule has 1 atom stereocenters. The highest BCUT2D eigenvalue weighted by Gasteiger charge is 2.31. The van der Waals surface area contributed by atoms with Crippen LogP contribution in [-0.2, 0) is 17.5 Å². The van der Waals surface area contributed by atoms with Gasteiger partial charge in [0.15, 0.2) is 0 Å². The third kappa shape index (κ3) is 5.28. The predicted molar refractivity (Wildman–Crippen MR) is 118 cm³/mol. The number of ether oxygens (including phenoxy) is 1. The summed E-state index contributed by atoms with van der Waals surface area (Å²) < 4.78 is 50.4. The Morgan fingerprint density at radius 1 is 1.15 bits per heavy atom. The van der Waals surface area contributed by atoms with Crippen LogP contribution in [-0.4, -0.2) is 29.3 Å². The molecule has 3 aromatic rings.